The van der Waals surface area contributed by atoms with E-state index in [1.807, 2.05) is 18.2 Å². The van der Waals surface area contributed by atoms with Crippen LogP contribution in [-0.4, -0.2) is 18.8 Å². The van der Waals surface area contributed by atoms with Gasteiger partial charge in [0, 0.05) is 10.9 Å². The molecule has 15 heavy (non-hydrogen) atoms. The van der Waals surface area contributed by atoms with Crippen LogP contribution in [0.3, 0.4) is 0 Å². The first-order valence-corrected chi connectivity index (χ1v) is 5.32. The lowest BCUT2D eigenvalue weighted by Gasteiger charge is -2.24. The van der Waals surface area contributed by atoms with Crippen molar-refractivity contribution in [2.24, 2.45) is 5.73 Å². The summed E-state index contributed by atoms with van der Waals surface area (Å²) in [6.07, 6.45) is -0.397. The Balaban J connectivity index is 2.13. The number of amides is 1. The predicted octanol–water partition coefficient (Wildman–Crippen LogP) is 1.85. The summed E-state index contributed by atoms with van der Waals surface area (Å²) in [6.45, 7) is 0.354. The number of carbonyl (C=O) groups excluding carboxylic acids is 1. The fourth-order valence-electron chi connectivity index (χ4n) is 1.56. The molecule has 2 N–H and O–H groups in total. The van der Waals surface area contributed by atoms with Gasteiger partial charge < -0.3 is 15.2 Å². The standard InChI is InChI=1S/C10H10BrNO3/c11-7-2-1-6-3-8(15-10(12)13)5-14-9(6)4-7/h1-2,4,8H,3,5H2,(H2,12,13)/t8-/m0/s1. The second-order valence-electron chi connectivity index (χ2n) is 3.33. The van der Waals surface area contributed by atoms with Crippen molar-refractivity contribution in [2.45, 2.75) is 12.5 Å². The lowest BCUT2D eigenvalue weighted by molar-refractivity contribution is 0.0616. The molecule has 1 heterocycles. The zero-order chi connectivity index (χ0) is 10.8. The van der Waals surface area contributed by atoms with Gasteiger partial charge in [-0.2, -0.15) is 0 Å². The Labute approximate surface area is 95.5 Å². The molecule has 0 fully saturated rings. The molecule has 0 saturated carbocycles. The average molecular weight is 272 g/mol. The molecule has 4 nitrogen and oxygen atoms in total. The van der Waals surface area contributed by atoms with Gasteiger partial charge in [-0.25, -0.2) is 4.79 Å². The molecule has 1 aliphatic rings. The Hall–Kier alpha value is -1.23. The molecule has 0 bridgehead atoms. The third kappa shape index (κ3) is 2.41. The van der Waals surface area contributed by atoms with Crippen molar-refractivity contribution in [1.29, 1.82) is 0 Å². The smallest absolute Gasteiger partial charge is 0.404 e. The number of primary amides is 1. The normalized spacial score (nSPS) is 18.9. The van der Waals surface area contributed by atoms with E-state index in [-0.39, 0.29) is 6.10 Å². The predicted molar refractivity (Wildman–Crippen MR) is 57.8 cm³/mol. The van der Waals surface area contributed by atoms with Crippen molar-refractivity contribution in [3.05, 3.63) is 28.2 Å². The molecule has 1 amide bonds. The maximum Gasteiger partial charge on any atom is 0.404 e. The van der Waals surface area contributed by atoms with Gasteiger partial charge in [0.2, 0.25) is 0 Å². The first-order chi connectivity index (χ1) is 7.15. The van der Waals surface area contributed by atoms with Crippen LogP contribution < -0.4 is 10.5 Å². The highest BCUT2D eigenvalue weighted by Crippen LogP contribution is 2.28. The van der Waals surface area contributed by atoms with Crippen LogP contribution in [-0.2, 0) is 11.2 Å². The van der Waals surface area contributed by atoms with Gasteiger partial charge in [-0.05, 0) is 17.7 Å². The molecule has 1 aromatic carbocycles. The molecule has 0 radical (unpaired) electrons. The van der Waals surface area contributed by atoms with Crippen molar-refractivity contribution >= 4 is 22.0 Å². The molecule has 0 unspecified atom stereocenters. The highest BCUT2D eigenvalue weighted by Gasteiger charge is 2.22. The van der Waals surface area contributed by atoms with Gasteiger partial charge >= 0.3 is 6.09 Å². The van der Waals surface area contributed by atoms with Crippen LogP contribution in [0.1, 0.15) is 5.56 Å². The van der Waals surface area contributed by atoms with Crippen LogP contribution in [0.4, 0.5) is 4.79 Å². The molecular formula is C10H10BrNO3. The van der Waals surface area contributed by atoms with Crippen molar-refractivity contribution in [3.63, 3.8) is 0 Å². The summed E-state index contributed by atoms with van der Waals surface area (Å²) in [4.78, 5) is 10.6. The highest BCUT2D eigenvalue weighted by atomic mass is 79.9. The summed E-state index contributed by atoms with van der Waals surface area (Å²) in [5, 5.41) is 0. The number of halogens is 1. The second kappa shape index (κ2) is 4.10. The lowest BCUT2D eigenvalue weighted by atomic mass is 10.0. The number of nitrogens with two attached hydrogens (primary N) is 1. The van der Waals surface area contributed by atoms with Crippen LogP contribution >= 0.6 is 15.9 Å². The number of ether oxygens (including phenoxy) is 2. The van der Waals surface area contributed by atoms with Crippen LogP contribution in [0.5, 0.6) is 5.75 Å². The Kier molecular flexibility index (Phi) is 2.81. The summed E-state index contributed by atoms with van der Waals surface area (Å²) in [7, 11) is 0. The molecule has 0 saturated heterocycles. The lowest BCUT2D eigenvalue weighted by Crippen LogP contribution is -2.32. The molecule has 1 aliphatic heterocycles. The van der Waals surface area contributed by atoms with Crippen LogP contribution in [0.2, 0.25) is 0 Å². The van der Waals surface area contributed by atoms with Gasteiger partial charge in [0.1, 0.15) is 18.5 Å². The van der Waals surface area contributed by atoms with Crippen LogP contribution in [0.15, 0.2) is 22.7 Å². The van der Waals surface area contributed by atoms with E-state index in [0.717, 1.165) is 15.8 Å². The van der Waals surface area contributed by atoms with Crippen LogP contribution in [0.25, 0.3) is 0 Å². The zero-order valence-corrected chi connectivity index (χ0v) is 9.49. The largest absolute Gasteiger partial charge is 0.489 e. The van der Waals surface area contributed by atoms with E-state index >= 15 is 0 Å². The molecule has 0 spiro atoms. The van der Waals surface area contributed by atoms with Crippen molar-refractivity contribution in [1.82, 2.24) is 0 Å². The van der Waals surface area contributed by atoms with Gasteiger partial charge in [0.25, 0.3) is 0 Å². The molecule has 1 aromatic rings. The molecule has 5 heteroatoms. The van der Waals surface area contributed by atoms with Crippen molar-refractivity contribution < 1.29 is 14.3 Å². The Morgan fingerprint density at radius 3 is 3.13 bits per heavy atom. The molecule has 0 aromatic heterocycles. The first kappa shape index (κ1) is 10.3. The maximum absolute atomic E-state index is 10.6. The zero-order valence-electron chi connectivity index (χ0n) is 7.90. The molecular weight excluding hydrogens is 262 g/mol. The van der Waals surface area contributed by atoms with Gasteiger partial charge in [-0.15, -0.1) is 0 Å². The average Bonchev–Trinajstić information content (AvgIpc) is 2.17. The van der Waals surface area contributed by atoms with E-state index < -0.39 is 6.09 Å². The number of hydrogen-bond acceptors (Lipinski definition) is 3. The Bertz CT molecular complexity index is 394. The molecule has 0 aliphatic carbocycles. The molecule has 80 valence electrons. The second-order valence-corrected chi connectivity index (χ2v) is 4.24. The molecule has 2 rings (SSSR count). The minimum Gasteiger partial charge on any atom is -0.489 e. The van der Waals surface area contributed by atoms with Gasteiger partial charge in [0.05, 0.1) is 0 Å². The fraction of sp³-hybridized carbons (Fsp3) is 0.300. The summed E-state index contributed by atoms with van der Waals surface area (Å²) in [5.74, 6) is 0.827. The van der Waals surface area contributed by atoms with E-state index in [1.54, 1.807) is 0 Å². The number of hydrogen-bond donors (Lipinski definition) is 1. The Morgan fingerprint density at radius 1 is 1.60 bits per heavy atom. The minimum atomic E-state index is -0.760. The quantitative estimate of drug-likeness (QED) is 0.848. The van der Waals surface area contributed by atoms with Gasteiger partial charge in [-0.3, -0.25) is 0 Å². The van der Waals surface area contributed by atoms with E-state index in [2.05, 4.69) is 15.9 Å². The summed E-state index contributed by atoms with van der Waals surface area (Å²) in [6, 6.07) is 5.76. The Morgan fingerprint density at radius 2 is 2.40 bits per heavy atom. The van der Waals surface area contributed by atoms with E-state index in [0.29, 0.717) is 13.0 Å². The van der Waals surface area contributed by atoms with E-state index in [1.165, 1.54) is 0 Å². The maximum atomic E-state index is 10.6. The van der Waals surface area contributed by atoms with E-state index in [4.69, 9.17) is 15.2 Å². The summed E-state index contributed by atoms with van der Waals surface area (Å²) < 4.78 is 11.3. The first-order valence-electron chi connectivity index (χ1n) is 4.52. The number of carbonyl (C=O) groups is 1. The van der Waals surface area contributed by atoms with Gasteiger partial charge in [-0.1, -0.05) is 22.0 Å². The fourth-order valence-corrected chi connectivity index (χ4v) is 1.90. The topological polar surface area (TPSA) is 61.6 Å². The number of benzene rings is 1. The minimum absolute atomic E-state index is 0.281. The monoisotopic (exact) mass is 271 g/mol. The highest BCUT2D eigenvalue weighted by molar-refractivity contribution is 9.10. The third-order valence-corrected chi connectivity index (χ3v) is 2.68. The van der Waals surface area contributed by atoms with Crippen molar-refractivity contribution in [2.75, 3.05) is 6.61 Å². The summed E-state index contributed by atoms with van der Waals surface area (Å²) in [5.41, 5.74) is 5.97. The number of fused-ring (bicyclic) bond motifs is 1. The SMILES string of the molecule is NC(=O)O[C@@H]1COc2cc(Br)ccc2C1. The third-order valence-electron chi connectivity index (χ3n) is 2.18. The number of rotatable bonds is 1. The van der Waals surface area contributed by atoms with E-state index in [9.17, 15) is 4.79 Å². The van der Waals surface area contributed by atoms with Crippen molar-refractivity contribution in [3.8, 4) is 5.75 Å². The van der Waals surface area contributed by atoms with Crippen LogP contribution in [0, 0.1) is 0 Å². The molecule has 1 atom stereocenters. The van der Waals surface area contributed by atoms with Gasteiger partial charge in [0.15, 0.2) is 0 Å². The summed E-state index contributed by atoms with van der Waals surface area (Å²) >= 11 is 3.36.